The molecule has 1 aromatic carbocycles. The molecule has 25 heavy (non-hydrogen) atoms. The Hall–Kier alpha value is -3.09. The summed E-state index contributed by atoms with van der Waals surface area (Å²) < 4.78 is 7.52. The Morgan fingerprint density at radius 2 is 2.20 bits per heavy atom. The fourth-order valence-electron chi connectivity index (χ4n) is 3.11. The van der Waals surface area contributed by atoms with Crippen molar-refractivity contribution in [3.63, 3.8) is 0 Å². The van der Waals surface area contributed by atoms with Gasteiger partial charge in [-0.2, -0.15) is 5.10 Å². The molecule has 7 nitrogen and oxygen atoms in total. The van der Waals surface area contributed by atoms with Crippen LogP contribution in [0.2, 0.25) is 0 Å². The summed E-state index contributed by atoms with van der Waals surface area (Å²) in [7, 11) is 1.88. The molecular weight excluding hydrogens is 316 g/mol. The van der Waals surface area contributed by atoms with Crippen LogP contribution in [0.15, 0.2) is 36.9 Å². The van der Waals surface area contributed by atoms with Crippen LogP contribution in [0.4, 0.5) is 5.82 Å². The van der Waals surface area contributed by atoms with Gasteiger partial charge in [0.2, 0.25) is 0 Å². The van der Waals surface area contributed by atoms with Gasteiger partial charge in [-0.15, -0.1) is 0 Å². The van der Waals surface area contributed by atoms with Crippen molar-refractivity contribution in [2.75, 3.05) is 18.5 Å². The molecule has 7 heteroatoms. The molecule has 0 saturated heterocycles. The normalized spacial score (nSPS) is 11.3. The monoisotopic (exact) mass is 336 g/mol. The molecule has 0 saturated carbocycles. The number of nitrogens with one attached hydrogen (secondary N) is 2. The first-order valence-corrected chi connectivity index (χ1v) is 8.36. The number of rotatable bonds is 6. The Kier molecular flexibility index (Phi) is 3.97. The van der Waals surface area contributed by atoms with Gasteiger partial charge in [-0.3, -0.25) is 4.68 Å². The van der Waals surface area contributed by atoms with E-state index in [-0.39, 0.29) is 0 Å². The van der Waals surface area contributed by atoms with E-state index in [1.807, 2.05) is 26.1 Å². The molecule has 3 heterocycles. The first-order chi connectivity index (χ1) is 12.3. The van der Waals surface area contributed by atoms with Crippen molar-refractivity contribution in [2.24, 2.45) is 7.05 Å². The van der Waals surface area contributed by atoms with E-state index in [1.165, 1.54) is 5.56 Å². The summed E-state index contributed by atoms with van der Waals surface area (Å²) >= 11 is 0. The van der Waals surface area contributed by atoms with Crippen molar-refractivity contribution in [2.45, 2.75) is 13.3 Å². The van der Waals surface area contributed by atoms with Crippen molar-refractivity contribution in [3.05, 3.63) is 42.5 Å². The van der Waals surface area contributed by atoms with Gasteiger partial charge >= 0.3 is 0 Å². The van der Waals surface area contributed by atoms with Crippen LogP contribution in [0, 0.1) is 0 Å². The minimum atomic E-state index is 0.655. The van der Waals surface area contributed by atoms with E-state index in [9.17, 15) is 0 Å². The zero-order valence-corrected chi connectivity index (χ0v) is 14.3. The minimum absolute atomic E-state index is 0.655. The Bertz CT molecular complexity index is 1020. The summed E-state index contributed by atoms with van der Waals surface area (Å²) in [5, 5.41) is 9.72. The molecule has 3 aromatic heterocycles. The van der Waals surface area contributed by atoms with E-state index in [1.54, 1.807) is 17.2 Å². The maximum absolute atomic E-state index is 5.77. The summed E-state index contributed by atoms with van der Waals surface area (Å²) in [5.41, 5.74) is 3.14. The zero-order chi connectivity index (χ0) is 17.2. The van der Waals surface area contributed by atoms with Gasteiger partial charge < -0.3 is 15.0 Å². The summed E-state index contributed by atoms with van der Waals surface area (Å²) in [4.78, 5) is 11.9. The number of anilines is 1. The molecule has 4 rings (SSSR count). The average molecular weight is 336 g/mol. The predicted octanol–water partition coefficient (Wildman–Crippen LogP) is 2.90. The lowest BCUT2D eigenvalue weighted by molar-refractivity contribution is 0.344. The van der Waals surface area contributed by atoms with Gasteiger partial charge in [0.15, 0.2) is 5.65 Å². The average Bonchev–Trinajstić information content (AvgIpc) is 3.21. The molecule has 0 atom stereocenters. The molecule has 0 aliphatic rings. The van der Waals surface area contributed by atoms with E-state index < -0.39 is 0 Å². The number of aromatic nitrogens is 5. The van der Waals surface area contributed by atoms with Crippen LogP contribution in [-0.4, -0.2) is 37.9 Å². The van der Waals surface area contributed by atoms with E-state index >= 15 is 0 Å². The minimum Gasteiger partial charge on any atom is -0.493 e. The van der Waals surface area contributed by atoms with Crippen molar-refractivity contribution < 1.29 is 4.74 Å². The summed E-state index contributed by atoms with van der Waals surface area (Å²) in [6, 6.07) is 6.09. The molecule has 4 aromatic rings. The largest absolute Gasteiger partial charge is 0.493 e. The van der Waals surface area contributed by atoms with Crippen LogP contribution in [0.25, 0.3) is 21.9 Å². The van der Waals surface area contributed by atoms with Crippen LogP contribution in [0.1, 0.15) is 12.5 Å². The van der Waals surface area contributed by atoms with Crippen LogP contribution in [-0.2, 0) is 13.5 Å². The Balaban J connectivity index is 1.54. The molecule has 0 aliphatic carbocycles. The first kappa shape index (κ1) is 15.4. The molecular formula is C18H20N6O. The fraction of sp³-hybridized carbons (Fsp3) is 0.278. The lowest BCUT2D eigenvalue weighted by Crippen LogP contribution is -2.07. The molecule has 0 aliphatic heterocycles. The van der Waals surface area contributed by atoms with Crippen LogP contribution >= 0.6 is 0 Å². The molecule has 0 bridgehead atoms. The quantitative estimate of drug-likeness (QED) is 0.566. The third kappa shape index (κ3) is 2.77. The number of aromatic amines is 1. The van der Waals surface area contributed by atoms with Gasteiger partial charge in [0.25, 0.3) is 0 Å². The van der Waals surface area contributed by atoms with E-state index in [2.05, 4.69) is 37.6 Å². The van der Waals surface area contributed by atoms with E-state index in [0.717, 1.165) is 46.5 Å². The van der Waals surface area contributed by atoms with Crippen molar-refractivity contribution in [3.8, 4) is 5.75 Å². The highest BCUT2D eigenvalue weighted by Crippen LogP contribution is 2.29. The van der Waals surface area contributed by atoms with Crippen molar-refractivity contribution in [1.82, 2.24) is 24.7 Å². The molecule has 0 spiro atoms. The summed E-state index contributed by atoms with van der Waals surface area (Å²) in [5.74, 6) is 1.73. The maximum atomic E-state index is 5.77. The van der Waals surface area contributed by atoms with Crippen LogP contribution in [0.5, 0.6) is 5.75 Å². The number of ether oxygens (including phenoxy) is 1. The Morgan fingerprint density at radius 1 is 1.28 bits per heavy atom. The van der Waals surface area contributed by atoms with Crippen LogP contribution in [0.3, 0.4) is 0 Å². The highest BCUT2D eigenvalue weighted by atomic mass is 16.5. The third-order valence-electron chi connectivity index (χ3n) is 4.27. The first-order valence-electron chi connectivity index (χ1n) is 8.36. The smallest absolute Gasteiger partial charge is 0.163 e. The van der Waals surface area contributed by atoms with Crippen molar-refractivity contribution >= 4 is 27.8 Å². The van der Waals surface area contributed by atoms with Crippen molar-refractivity contribution in [1.29, 1.82) is 0 Å². The van der Waals surface area contributed by atoms with Gasteiger partial charge in [0, 0.05) is 30.7 Å². The molecule has 0 fully saturated rings. The highest BCUT2D eigenvalue weighted by molar-refractivity contribution is 5.89. The van der Waals surface area contributed by atoms with Gasteiger partial charge in [-0.1, -0.05) is 6.07 Å². The second-order valence-corrected chi connectivity index (χ2v) is 5.83. The Labute approximate surface area is 145 Å². The lowest BCUT2D eigenvalue weighted by atomic mass is 10.1. The SMILES string of the molecule is CCOc1cccc2[nH]cc(CCNc3ncnc4c3cnn4C)c12. The lowest BCUT2D eigenvalue weighted by Gasteiger charge is -2.08. The zero-order valence-electron chi connectivity index (χ0n) is 14.3. The number of hydrogen-bond acceptors (Lipinski definition) is 5. The molecule has 0 unspecified atom stereocenters. The second-order valence-electron chi connectivity index (χ2n) is 5.83. The second kappa shape index (κ2) is 6.43. The number of nitrogens with zero attached hydrogens (tertiary/aromatic N) is 4. The predicted molar refractivity (Wildman–Crippen MR) is 98.0 cm³/mol. The van der Waals surface area contributed by atoms with Gasteiger partial charge in [-0.25, -0.2) is 9.97 Å². The molecule has 128 valence electrons. The highest BCUT2D eigenvalue weighted by Gasteiger charge is 2.11. The summed E-state index contributed by atoms with van der Waals surface area (Å²) in [6.07, 6.45) is 6.26. The molecule has 0 amide bonds. The number of aryl methyl sites for hydroxylation is 1. The van der Waals surface area contributed by atoms with Gasteiger partial charge in [0.05, 0.1) is 18.2 Å². The summed E-state index contributed by atoms with van der Waals surface area (Å²) in [6.45, 7) is 3.41. The standard InChI is InChI=1S/C18H20N6O/c1-3-25-15-6-4-5-14-16(15)12(9-20-14)7-8-19-17-13-10-23-24(2)18(13)22-11-21-17/h4-6,9-11,20H,3,7-8H2,1-2H3,(H,19,21,22). The molecule has 2 N–H and O–H groups in total. The topological polar surface area (TPSA) is 80.7 Å². The number of fused-ring (bicyclic) bond motifs is 2. The number of benzene rings is 1. The van der Waals surface area contributed by atoms with Crippen LogP contribution < -0.4 is 10.1 Å². The molecule has 0 radical (unpaired) electrons. The Morgan fingerprint density at radius 3 is 3.08 bits per heavy atom. The maximum Gasteiger partial charge on any atom is 0.163 e. The van der Waals surface area contributed by atoms with E-state index in [4.69, 9.17) is 4.74 Å². The van der Waals surface area contributed by atoms with Gasteiger partial charge in [0.1, 0.15) is 17.9 Å². The number of H-pyrrole nitrogens is 1. The number of hydrogen-bond donors (Lipinski definition) is 2. The third-order valence-corrected chi connectivity index (χ3v) is 4.27. The van der Waals surface area contributed by atoms with E-state index in [0.29, 0.717) is 6.61 Å². The van der Waals surface area contributed by atoms with Gasteiger partial charge in [-0.05, 0) is 31.0 Å². The fourth-order valence-corrected chi connectivity index (χ4v) is 3.11.